The van der Waals surface area contributed by atoms with Crippen molar-refractivity contribution >= 4 is 16.5 Å². The third-order valence-corrected chi connectivity index (χ3v) is 3.24. The molecule has 104 valence electrons. The monoisotopic (exact) mass is 290 g/mol. The second kappa shape index (κ2) is 11.4. The molecule has 0 aromatic rings. The third kappa shape index (κ3) is 9.92. The quantitative estimate of drug-likeness (QED) is 0.459. The van der Waals surface area contributed by atoms with Gasteiger partial charge in [-0.2, -0.15) is 0 Å². The van der Waals surface area contributed by atoms with E-state index in [1.54, 1.807) is 0 Å². The van der Waals surface area contributed by atoms with Gasteiger partial charge < -0.3 is 14.2 Å². The molecular weight excluding hydrogens is 270 g/mol. The van der Waals surface area contributed by atoms with E-state index in [9.17, 15) is 9.13 Å². The third-order valence-electron chi connectivity index (χ3n) is 1.45. The van der Waals surface area contributed by atoms with Crippen molar-refractivity contribution in [2.45, 2.75) is 33.0 Å². The summed E-state index contributed by atoms with van der Waals surface area (Å²) >= 11 is 0. The largest absolute Gasteiger partial charge is 0.391 e. The zero-order valence-electron chi connectivity index (χ0n) is 10.0. The lowest BCUT2D eigenvalue weighted by Gasteiger charge is -2.15. The van der Waals surface area contributed by atoms with Crippen LogP contribution in [0.2, 0.25) is 0 Å². The van der Waals surface area contributed by atoms with Gasteiger partial charge in [0.05, 0.1) is 19.8 Å². The average Bonchev–Trinajstić information content (AvgIpc) is 2.32. The molecule has 1 N–H and O–H groups in total. The van der Waals surface area contributed by atoms with Crippen LogP contribution in [0, 0.1) is 0 Å². The van der Waals surface area contributed by atoms with E-state index in [2.05, 4.69) is 0 Å². The molecule has 7 nitrogen and oxygen atoms in total. The minimum absolute atomic E-state index is 0.289. The van der Waals surface area contributed by atoms with Gasteiger partial charge in [-0.1, -0.05) is 13.8 Å². The minimum Gasteiger partial charge on any atom is -0.391 e. The molecule has 0 fully saturated rings. The van der Waals surface area contributed by atoms with Gasteiger partial charge in [-0.15, -0.1) is 0 Å². The summed E-state index contributed by atoms with van der Waals surface area (Å²) in [5, 5.41) is 8.87. The van der Waals surface area contributed by atoms with Crippen molar-refractivity contribution in [2.75, 3.05) is 19.8 Å². The van der Waals surface area contributed by atoms with Crippen molar-refractivity contribution in [1.82, 2.24) is 0 Å². The summed E-state index contributed by atoms with van der Waals surface area (Å²) in [4.78, 5) is 0. The first-order valence-electron chi connectivity index (χ1n) is 5.41. The lowest BCUT2D eigenvalue weighted by Crippen LogP contribution is -2.16. The van der Waals surface area contributed by atoms with Gasteiger partial charge in [0.25, 0.3) is 0 Å². The first-order chi connectivity index (χ1) is 8.13. The zero-order valence-corrected chi connectivity index (χ0v) is 12.0. The molecule has 0 heterocycles. The van der Waals surface area contributed by atoms with E-state index in [1.165, 1.54) is 0 Å². The van der Waals surface area contributed by atoms with Gasteiger partial charge in [0.2, 0.25) is 0 Å². The molecule has 0 rings (SSSR count). The Hall–Kier alpha value is 0.260. The van der Waals surface area contributed by atoms with Crippen LogP contribution in [0.25, 0.3) is 0 Å². The fraction of sp³-hybridized carbons (Fsp3) is 1.00. The molecule has 2 unspecified atom stereocenters. The second-order valence-corrected chi connectivity index (χ2v) is 5.09. The molecule has 0 aliphatic rings. The number of hydrogen-bond donors (Lipinski definition) is 1. The zero-order chi connectivity index (χ0) is 13.1. The Morgan fingerprint density at radius 1 is 1.00 bits per heavy atom. The Bertz CT molecular complexity index is 214. The van der Waals surface area contributed by atoms with Crippen molar-refractivity contribution in [2.24, 2.45) is 0 Å². The number of hydrogen-bond acceptors (Lipinski definition) is 7. The van der Waals surface area contributed by atoms with Gasteiger partial charge in [-0.05, 0) is 12.8 Å². The summed E-state index contributed by atoms with van der Waals surface area (Å²) in [6, 6.07) is 0. The Kier molecular flexibility index (Phi) is 11.5. The number of aliphatic hydroxyl groups is 1. The van der Waals surface area contributed by atoms with Crippen LogP contribution >= 0.6 is 16.5 Å². The van der Waals surface area contributed by atoms with Crippen LogP contribution < -0.4 is 0 Å². The highest BCUT2D eigenvalue weighted by Gasteiger charge is 2.16. The van der Waals surface area contributed by atoms with Crippen molar-refractivity contribution in [1.29, 1.82) is 0 Å². The van der Waals surface area contributed by atoms with Crippen LogP contribution in [-0.4, -0.2) is 31.2 Å². The van der Waals surface area contributed by atoms with E-state index in [1.807, 2.05) is 13.8 Å². The molecule has 0 aliphatic carbocycles. The molecule has 0 saturated carbocycles. The Morgan fingerprint density at radius 3 is 1.71 bits per heavy atom. The number of aliphatic hydroxyl groups excluding tert-OH is 1. The smallest absolute Gasteiger partial charge is 0.321 e. The SMILES string of the molecule is CCCO[PH](=O)OC(CO)O[PH](=O)OCCC. The van der Waals surface area contributed by atoms with Crippen molar-refractivity contribution in [3.8, 4) is 0 Å². The van der Waals surface area contributed by atoms with Crippen LogP contribution in [0.15, 0.2) is 0 Å². The number of rotatable bonds is 11. The summed E-state index contributed by atoms with van der Waals surface area (Å²) in [7, 11) is -5.48. The maximum Gasteiger partial charge on any atom is 0.321 e. The van der Waals surface area contributed by atoms with Crippen LogP contribution in [0.3, 0.4) is 0 Å². The summed E-state index contributed by atoms with van der Waals surface area (Å²) in [6.45, 7) is 3.71. The molecule has 0 saturated heterocycles. The maximum atomic E-state index is 11.2. The second-order valence-electron chi connectivity index (χ2n) is 3.04. The standard InChI is InChI=1S/C8H20O7P2/c1-3-5-12-16(10)14-8(7-9)15-17(11)13-6-4-2/h8-9,16-17H,3-7H2,1-2H3. The van der Waals surface area contributed by atoms with E-state index in [4.69, 9.17) is 23.2 Å². The van der Waals surface area contributed by atoms with Gasteiger partial charge in [-0.3, -0.25) is 18.2 Å². The van der Waals surface area contributed by atoms with Crippen LogP contribution in [0.1, 0.15) is 26.7 Å². The molecule has 0 amide bonds. The summed E-state index contributed by atoms with van der Waals surface area (Å²) in [5.41, 5.74) is 0. The Labute approximate surface area is 102 Å². The fourth-order valence-electron chi connectivity index (χ4n) is 0.752. The van der Waals surface area contributed by atoms with E-state index in [0.717, 1.165) is 0 Å². The molecule has 0 spiro atoms. The first-order valence-corrected chi connectivity index (χ1v) is 7.86. The van der Waals surface area contributed by atoms with Crippen molar-refractivity contribution < 1.29 is 32.3 Å². The average molecular weight is 290 g/mol. The molecule has 0 aromatic heterocycles. The summed E-state index contributed by atoms with van der Waals surface area (Å²) in [5.74, 6) is 0. The van der Waals surface area contributed by atoms with Crippen molar-refractivity contribution in [3.05, 3.63) is 0 Å². The molecule has 0 aromatic carbocycles. The van der Waals surface area contributed by atoms with E-state index < -0.39 is 29.4 Å². The molecule has 0 radical (unpaired) electrons. The summed E-state index contributed by atoms with van der Waals surface area (Å²) in [6.07, 6.45) is 0.142. The van der Waals surface area contributed by atoms with Crippen LogP contribution in [0.5, 0.6) is 0 Å². The van der Waals surface area contributed by atoms with Gasteiger partial charge >= 0.3 is 16.5 Å². The predicted molar refractivity (Wildman–Crippen MR) is 63.5 cm³/mol. The molecule has 9 heteroatoms. The van der Waals surface area contributed by atoms with E-state index in [0.29, 0.717) is 12.8 Å². The lowest BCUT2D eigenvalue weighted by atomic mass is 10.5. The molecule has 0 bridgehead atoms. The maximum absolute atomic E-state index is 11.2. The van der Waals surface area contributed by atoms with E-state index >= 15 is 0 Å². The summed E-state index contributed by atoms with van der Waals surface area (Å²) < 4.78 is 41.4. The van der Waals surface area contributed by atoms with Crippen LogP contribution in [-0.2, 0) is 27.2 Å². The predicted octanol–water partition coefficient (Wildman–Crippen LogP) is 1.97. The highest BCUT2D eigenvalue weighted by atomic mass is 31.1. The fourth-order valence-corrected chi connectivity index (χ4v) is 2.40. The Morgan fingerprint density at radius 2 is 1.41 bits per heavy atom. The highest BCUT2D eigenvalue weighted by Crippen LogP contribution is 2.32. The van der Waals surface area contributed by atoms with Gasteiger partial charge in [0.15, 0.2) is 6.29 Å². The normalized spacial score (nSPS) is 16.6. The minimum atomic E-state index is -2.74. The molecule has 0 aliphatic heterocycles. The van der Waals surface area contributed by atoms with Crippen molar-refractivity contribution in [3.63, 3.8) is 0 Å². The van der Waals surface area contributed by atoms with Gasteiger partial charge in [-0.25, -0.2) is 0 Å². The topological polar surface area (TPSA) is 91.3 Å². The first kappa shape index (κ1) is 17.3. The lowest BCUT2D eigenvalue weighted by molar-refractivity contribution is -0.0428. The molecule has 2 atom stereocenters. The molecular formula is C8H20O7P2. The molecule has 17 heavy (non-hydrogen) atoms. The van der Waals surface area contributed by atoms with E-state index in [-0.39, 0.29) is 13.2 Å². The van der Waals surface area contributed by atoms with Crippen LogP contribution in [0.4, 0.5) is 0 Å². The van der Waals surface area contributed by atoms with Gasteiger partial charge in [0.1, 0.15) is 0 Å². The highest BCUT2D eigenvalue weighted by molar-refractivity contribution is 7.34. The van der Waals surface area contributed by atoms with Gasteiger partial charge in [0, 0.05) is 0 Å². The Balaban J connectivity index is 3.89.